The molecule has 0 aliphatic heterocycles. The van der Waals surface area contributed by atoms with E-state index >= 15 is 0 Å². The number of phosphoric acid groups is 1. The van der Waals surface area contributed by atoms with Crippen LogP contribution in [0.1, 0.15) is 168 Å². The molecule has 0 saturated carbocycles. The zero-order valence-corrected chi connectivity index (χ0v) is 35.3. The van der Waals surface area contributed by atoms with Crippen molar-refractivity contribution in [3.63, 3.8) is 0 Å². The molecule has 0 rings (SSSR count). The van der Waals surface area contributed by atoms with Crippen LogP contribution in [0.15, 0.2) is 72.9 Å². The average Bonchev–Trinajstić information content (AvgIpc) is 3.16. The molecule has 0 aliphatic rings. The summed E-state index contributed by atoms with van der Waals surface area (Å²) in [6.07, 6.45) is 52.0. The van der Waals surface area contributed by atoms with Gasteiger partial charge < -0.3 is 20.1 Å². The molecule has 0 fully saturated rings. The van der Waals surface area contributed by atoms with Gasteiger partial charge in [-0.2, -0.15) is 0 Å². The van der Waals surface area contributed by atoms with Crippen molar-refractivity contribution in [3.05, 3.63) is 72.9 Å². The van der Waals surface area contributed by atoms with Crippen LogP contribution in [0.2, 0.25) is 0 Å². The maximum Gasteiger partial charge on any atom is 0.472 e. The zero-order valence-electron chi connectivity index (χ0n) is 34.4. The minimum Gasteiger partial charge on any atom is -0.457 e. The largest absolute Gasteiger partial charge is 0.472 e. The maximum atomic E-state index is 12.6. The van der Waals surface area contributed by atoms with Crippen molar-refractivity contribution in [3.8, 4) is 0 Å². The first-order chi connectivity index (χ1) is 26.4. The number of allylic oxidation sites excluding steroid dienone is 12. The number of ether oxygens (including phenoxy) is 2. The molecule has 0 aromatic rings. The van der Waals surface area contributed by atoms with E-state index in [-0.39, 0.29) is 32.3 Å². The molecular formula is C45H80NO7P. The van der Waals surface area contributed by atoms with E-state index in [0.717, 1.165) is 89.9 Å². The Hall–Kier alpha value is -2.06. The van der Waals surface area contributed by atoms with Crippen molar-refractivity contribution in [1.29, 1.82) is 0 Å². The van der Waals surface area contributed by atoms with Gasteiger partial charge in [0.25, 0.3) is 0 Å². The number of unbranched alkanes of at least 4 members (excludes halogenated alkanes) is 15. The third-order valence-corrected chi connectivity index (χ3v) is 9.59. The van der Waals surface area contributed by atoms with Crippen molar-refractivity contribution in [2.75, 3.05) is 33.0 Å². The summed E-state index contributed by atoms with van der Waals surface area (Å²) in [5, 5.41) is 0. The van der Waals surface area contributed by atoms with Gasteiger partial charge in [-0.3, -0.25) is 13.8 Å². The van der Waals surface area contributed by atoms with Crippen LogP contribution in [0.4, 0.5) is 0 Å². The number of hydrogen-bond acceptors (Lipinski definition) is 7. The minimum absolute atomic E-state index is 0.0928. The number of hydrogen-bond donors (Lipinski definition) is 2. The molecule has 0 aliphatic carbocycles. The Labute approximate surface area is 331 Å². The molecule has 2 atom stereocenters. The van der Waals surface area contributed by atoms with Crippen molar-refractivity contribution >= 4 is 13.8 Å². The van der Waals surface area contributed by atoms with E-state index in [9.17, 15) is 14.3 Å². The molecule has 8 nitrogen and oxygen atoms in total. The van der Waals surface area contributed by atoms with E-state index in [0.29, 0.717) is 13.0 Å². The highest BCUT2D eigenvalue weighted by Gasteiger charge is 2.25. The molecule has 0 aromatic carbocycles. The summed E-state index contributed by atoms with van der Waals surface area (Å²) in [5.74, 6) is -0.349. The summed E-state index contributed by atoms with van der Waals surface area (Å²) in [6.45, 7) is 4.73. The Kier molecular flexibility index (Phi) is 40.5. The number of phosphoric ester groups is 1. The van der Waals surface area contributed by atoms with Gasteiger partial charge in [-0.05, 0) is 83.5 Å². The molecule has 0 spiro atoms. The number of carbonyl (C=O) groups excluding carboxylic acids is 1. The molecule has 2 unspecified atom stereocenters. The predicted octanol–water partition coefficient (Wildman–Crippen LogP) is 12.7. The fraction of sp³-hybridized carbons (Fsp3) is 0.711. The fourth-order valence-corrected chi connectivity index (χ4v) is 6.25. The minimum atomic E-state index is -4.29. The van der Waals surface area contributed by atoms with Gasteiger partial charge in [0, 0.05) is 19.6 Å². The third kappa shape index (κ3) is 41.1. The SMILES string of the molecule is CC/C=C\C/C=C\C/C=C\C/C=C\C/C=C\CCCCCCCCOCC(COP(=O)(O)OCCN)OC(=O)CCCCCCC/C=C\CCCCCC. The normalized spacial score (nSPS) is 14.2. The van der Waals surface area contributed by atoms with Gasteiger partial charge in [-0.15, -0.1) is 0 Å². The molecule has 0 aromatic heterocycles. The van der Waals surface area contributed by atoms with E-state index in [2.05, 4.69) is 86.8 Å². The summed E-state index contributed by atoms with van der Waals surface area (Å²) in [6, 6.07) is 0. The van der Waals surface area contributed by atoms with Gasteiger partial charge >= 0.3 is 13.8 Å². The molecule has 54 heavy (non-hydrogen) atoms. The van der Waals surface area contributed by atoms with Crippen LogP contribution in [-0.4, -0.2) is 49.9 Å². The van der Waals surface area contributed by atoms with Crippen molar-refractivity contribution in [1.82, 2.24) is 0 Å². The molecule has 0 bridgehead atoms. The maximum absolute atomic E-state index is 12.6. The summed E-state index contributed by atoms with van der Waals surface area (Å²) in [7, 11) is -4.29. The van der Waals surface area contributed by atoms with E-state index in [1.807, 2.05) is 0 Å². The lowest BCUT2D eigenvalue weighted by Gasteiger charge is -2.20. The van der Waals surface area contributed by atoms with Gasteiger partial charge in [0.1, 0.15) is 6.10 Å². The van der Waals surface area contributed by atoms with Crippen molar-refractivity contribution < 1.29 is 32.8 Å². The van der Waals surface area contributed by atoms with Gasteiger partial charge in [0.15, 0.2) is 0 Å². The number of rotatable bonds is 40. The summed E-state index contributed by atoms with van der Waals surface area (Å²) in [5.41, 5.74) is 5.36. The Morgan fingerprint density at radius 3 is 1.57 bits per heavy atom. The second-order valence-corrected chi connectivity index (χ2v) is 15.3. The van der Waals surface area contributed by atoms with E-state index < -0.39 is 13.9 Å². The molecule has 0 saturated heterocycles. The first-order valence-electron chi connectivity index (χ1n) is 21.4. The molecule has 312 valence electrons. The molecular weight excluding hydrogens is 697 g/mol. The number of nitrogens with two attached hydrogens (primary N) is 1. The monoisotopic (exact) mass is 778 g/mol. The highest BCUT2D eigenvalue weighted by Crippen LogP contribution is 2.43. The zero-order chi connectivity index (χ0) is 39.5. The Bertz CT molecular complexity index is 1050. The van der Waals surface area contributed by atoms with E-state index in [1.165, 1.54) is 57.8 Å². The van der Waals surface area contributed by atoms with Gasteiger partial charge in [-0.1, -0.05) is 151 Å². The van der Waals surface area contributed by atoms with Crippen LogP contribution in [0.5, 0.6) is 0 Å². The predicted molar refractivity (Wildman–Crippen MR) is 228 cm³/mol. The Morgan fingerprint density at radius 2 is 1.04 bits per heavy atom. The third-order valence-electron chi connectivity index (χ3n) is 8.61. The number of esters is 1. The van der Waals surface area contributed by atoms with Crippen LogP contribution in [0.3, 0.4) is 0 Å². The van der Waals surface area contributed by atoms with Crippen LogP contribution in [0.25, 0.3) is 0 Å². The fourth-order valence-electron chi connectivity index (χ4n) is 5.49. The highest BCUT2D eigenvalue weighted by molar-refractivity contribution is 7.47. The van der Waals surface area contributed by atoms with Crippen LogP contribution >= 0.6 is 7.82 Å². The molecule has 9 heteroatoms. The standard InChI is InChI=1S/C45H80NO7P/c1-3-5-7-9-11-13-15-17-18-19-20-21-22-23-24-25-27-29-31-33-35-37-40-50-42-44(43-52-54(48,49)51-41-39-46)53-45(47)38-36-34-32-30-28-26-16-14-12-10-8-6-4-2/h5,7,11,13-14,16-18,20-21,23-24,44H,3-4,6,8-10,12,15,19,22,25-43,46H2,1-2H3,(H,48,49)/b7-5-,13-11-,16-14-,18-17-,21-20-,24-23-. The lowest BCUT2D eigenvalue weighted by Crippen LogP contribution is -2.28. The van der Waals surface area contributed by atoms with Gasteiger partial charge in [0.05, 0.1) is 19.8 Å². The summed E-state index contributed by atoms with van der Waals surface area (Å²) >= 11 is 0. The van der Waals surface area contributed by atoms with Crippen LogP contribution in [-0.2, 0) is 27.9 Å². The van der Waals surface area contributed by atoms with Gasteiger partial charge in [-0.25, -0.2) is 4.57 Å². The smallest absolute Gasteiger partial charge is 0.457 e. The first-order valence-corrected chi connectivity index (χ1v) is 22.9. The van der Waals surface area contributed by atoms with Crippen molar-refractivity contribution in [2.24, 2.45) is 5.73 Å². The molecule has 0 radical (unpaired) electrons. The molecule has 0 heterocycles. The van der Waals surface area contributed by atoms with E-state index in [4.69, 9.17) is 24.3 Å². The van der Waals surface area contributed by atoms with Gasteiger partial charge in [0.2, 0.25) is 0 Å². The summed E-state index contributed by atoms with van der Waals surface area (Å²) in [4.78, 5) is 22.4. The lowest BCUT2D eigenvalue weighted by molar-refractivity contribution is -0.154. The first kappa shape index (κ1) is 51.9. The van der Waals surface area contributed by atoms with Crippen molar-refractivity contribution in [2.45, 2.75) is 174 Å². The van der Waals surface area contributed by atoms with Crippen LogP contribution < -0.4 is 5.73 Å². The average molecular weight is 778 g/mol. The van der Waals surface area contributed by atoms with E-state index in [1.54, 1.807) is 0 Å². The highest BCUT2D eigenvalue weighted by atomic mass is 31.2. The lowest BCUT2D eigenvalue weighted by atomic mass is 10.1. The Balaban J connectivity index is 4.07. The van der Waals surface area contributed by atoms with Crippen LogP contribution in [0, 0.1) is 0 Å². The molecule has 3 N–H and O–H groups in total. The number of carbonyl (C=O) groups is 1. The summed E-state index contributed by atoms with van der Waals surface area (Å²) < 4.78 is 33.4. The second kappa shape index (κ2) is 42.1. The second-order valence-electron chi connectivity index (χ2n) is 13.8. The molecule has 0 amide bonds. The Morgan fingerprint density at radius 1 is 0.574 bits per heavy atom. The quantitative estimate of drug-likeness (QED) is 0.0273. The topological polar surface area (TPSA) is 117 Å².